The van der Waals surface area contributed by atoms with E-state index >= 15 is 0 Å². The molecule has 1 heteroatoms. The average Bonchev–Trinajstić information content (AvgIpc) is 3.14. The van der Waals surface area contributed by atoms with Gasteiger partial charge in [0.25, 0.3) is 0 Å². The van der Waals surface area contributed by atoms with Crippen molar-refractivity contribution in [1.29, 1.82) is 0 Å². The Balaban J connectivity index is 0.000000191. The zero-order chi connectivity index (χ0) is 28.2. The van der Waals surface area contributed by atoms with Crippen molar-refractivity contribution in [2.45, 2.75) is 116 Å². The molecule has 0 amide bonds. The van der Waals surface area contributed by atoms with E-state index in [4.69, 9.17) is 0 Å². The van der Waals surface area contributed by atoms with Crippen LogP contribution < -0.4 is 15.9 Å². The Morgan fingerprint density at radius 2 is 0.610 bits per heavy atom. The minimum absolute atomic E-state index is 0.446. The fourth-order valence-corrected chi connectivity index (χ4v) is 8.51. The van der Waals surface area contributed by atoms with Gasteiger partial charge < -0.3 is 0 Å². The van der Waals surface area contributed by atoms with Crippen LogP contribution in [0.3, 0.4) is 0 Å². The summed E-state index contributed by atoms with van der Waals surface area (Å²) < 4.78 is 0. The van der Waals surface area contributed by atoms with Crippen LogP contribution in [-0.2, 0) is 0 Å². The Bertz CT molecular complexity index is 1000. The smallest absolute Gasteiger partial charge is 0.0134 e. The number of hydrogen-bond acceptors (Lipinski definition) is 0. The highest BCUT2D eigenvalue weighted by Crippen LogP contribution is 2.32. The minimum atomic E-state index is -0.446. The summed E-state index contributed by atoms with van der Waals surface area (Å²) in [5.74, 6) is 0. The number of benzene rings is 3. The summed E-state index contributed by atoms with van der Waals surface area (Å²) in [6, 6.07) is 32.3. The lowest BCUT2D eigenvalue weighted by Gasteiger charge is -2.18. The van der Waals surface area contributed by atoms with Crippen molar-refractivity contribution in [3.05, 3.63) is 114 Å². The first-order chi connectivity index (χ1) is 20.4. The van der Waals surface area contributed by atoms with Crippen molar-refractivity contribution >= 4 is 23.8 Å². The van der Waals surface area contributed by atoms with Crippen molar-refractivity contribution in [3.8, 4) is 0 Å². The van der Waals surface area contributed by atoms with Gasteiger partial charge in [-0.1, -0.05) is 167 Å². The molecule has 0 saturated carbocycles. The van der Waals surface area contributed by atoms with E-state index in [1.54, 1.807) is 11.1 Å². The summed E-state index contributed by atoms with van der Waals surface area (Å²) in [4.78, 5) is 0. The molecule has 0 nitrogen and oxygen atoms in total. The van der Waals surface area contributed by atoms with Crippen LogP contribution in [0.25, 0.3) is 0 Å². The standard InChI is InChI=1S/C22H38.C18H15P/c1-2-6-10-14-18-21(17-13-9-5-1)22-19-15-11-7-3-4-8-12-16-20-22;1-4-10-16(11-5-1)19(17-12-6-2-7-13-17)18-14-8-3-9-15-18/h17,19H,1-16,18,20H2;1-15H. The third-order valence-electron chi connectivity index (χ3n) is 8.54. The fraction of sp³-hybridized carbons (Fsp3) is 0.450. The van der Waals surface area contributed by atoms with E-state index in [2.05, 4.69) is 103 Å². The van der Waals surface area contributed by atoms with Gasteiger partial charge in [-0.2, -0.15) is 0 Å². The van der Waals surface area contributed by atoms with E-state index in [0.29, 0.717) is 0 Å². The summed E-state index contributed by atoms with van der Waals surface area (Å²) in [5.41, 5.74) is 3.47. The molecule has 0 radical (unpaired) electrons. The first kappa shape index (κ1) is 31.5. The molecule has 0 atom stereocenters. The topological polar surface area (TPSA) is 0 Å². The SMILES string of the molecule is C1=C(C2=CCCCCCCCCC2)CCCCCCCCC1.c1ccc(P(c2ccccc2)c2ccccc2)cc1. The normalized spacial score (nSPS) is 18.0. The molecule has 0 saturated heterocycles. The molecule has 2 aliphatic rings. The molecule has 0 heterocycles. The highest BCUT2D eigenvalue weighted by Gasteiger charge is 2.15. The van der Waals surface area contributed by atoms with Gasteiger partial charge in [0.2, 0.25) is 0 Å². The summed E-state index contributed by atoms with van der Waals surface area (Å²) in [6.45, 7) is 0. The predicted octanol–water partition coefficient (Wildman–Crippen LogP) is 11.3. The predicted molar refractivity (Wildman–Crippen MR) is 184 cm³/mol. The van der Waals surface area contributed by atoms with Gasteiger partial charge in [-0.15, -0.1) is 0 Å². The van der Waals surface area contributed by atoms with Crippen LogP contribution in [-0.4, -0.2) is 0 Å². The molecule has 0 spiro atoms. The number of hydrogen-bond donors (Lipinski definition) is 0. The molecule has 0 unspecified atom stereocenters. The highest BCUT2D eigenvalue weighted by molar-refractivity contribution is 7.79. The lowest BCUT2D eigenvalue weighted by molar-refractivity contribution is 0.584. The van der Waals surface area contributed by atoms with E-state index < -0.39 is 7.92 Å². The molecule has 5 rings (SSSR count). The molecule has 218 valence electrons. The van der Waals surface area contributed by atoms with Crippen molar-refractivity contribution < 1.29 is 0 Å². The first-order valence-corrected chi connectivity index (χ1v) is 18.1. The Morgan fingerprint density at radius 3 is 0.951 bits per heavy atom. The maximum atomic E-state index is 2.62. The summed E-state index contributed by atoms with van der Waals surface area (Å²) in [5, 5.41) is 4.19. The van der Waals surface area contributed by atoms with Crippen LogP contribution in [0.5, 0.6) is 0 Å². The van der Waals surface area contributed by atoms with Crippen molar-refractivity contribution in [1.82, 2.24) is 0 Å². The van der Waals surface area contributed by atoms with E-state index in [-0.39, 0.29) is 0 Å². The van der Waals surface area contributed by atoms with Crippen LogP contribution in [0.15, 0.2) is 114 Å². The zero-order valence-electron chi connectivity index (χ0n) is 25.5. The van der Waals surface area contributed by atoms with Crippen molar-refractivity contribution in [2.24, 2.45) is 0 Å². The second kappa shape index (κ2) is 19.6. The maximum absolute atomic E-state index is 2.62. The molecule has 0 aromatic heterocycles. The summed E-state index contributed by atoms with van der Waals surface area (Å²) in [7, 11) is -0.446. The molecule has 2 aliphatic carbocycles. The van der Waals surface area contributed by atoms with E-state index in [9.17, 15) is 0 Å². The van der Waals surface area contributed by atoms with Crippen LogP contribution in [0.1, 0.15) is 116 Å². The Morgan fingerprint density at radius 1 is 0.317 bits per heavy atom. The second-order valence-electron chi connectivity index (χ2n) is 11.8. The lowest BCUT2D eigenvalue weighted by Crippen LogP contribution is -2.20. The van der Waals surface area contributed by atoms with Crippen LogP contribution in [0.4, 0.5) is 0 Å². The monoisotopic (exact) mass is 564 g/mol. The van der Waals surface area contributed by atoms with E-state index in [1.807, 2.05) is 0 Å². The van der Waals surface area contributed by atoms with Gasteiger partial charge in [-0.3, -0.25) is 0 Å². The van der Waals surface area contributed by atoms with Crippen molar-refractivity contribution in [2.75, 3.05) is 0 Å². The van der Waals surface area contributed by atoms with Gasteiger partial charge in [-0.25, -0.2) is 0 Å². The second-order valence-corrected chi connectivity index (χ2v) is 14.0. The molecular weight excluding hydrogens is 511 g/mol. The largest absolute Gasteiger partial charge is 0.0811 e. The lowest BCUT2D eigenvalue weighted by atomic mass is 9.93. The van der Waals surface area contributed by atoms with Crippen LogP contribution in [0, 0.1) is 0 Å². The third-order valence-corrected chi connectivity index (χ3v) is 11.0. The number of rotatable bonds is 4. The van der Waals surface area contributed by atoms with Gasteiger partial charge in [0.15, 0.2) is 0 Å². The molecule has 3 aromatic rings. The Labute approximate surface area is 253 Å². The Kier molecular flexibility index (Phi) is 15.1. The summed E-state index contributed by atoms with van der Waals surface area (Å²) >= 11 is 0. The molecular formula is C40H53P. The van der Waals surface area contributed by atoms with Gasteiger partial charge in [0.1, 0.15) is 0 Å². The van der Waals surface area contributed by atoms with E-state index in [1.165, 1.54) is 131 Å². The molecule has 0 aliphatic heterocycles. The van der Waals surface area contributed by atoms with Crippen molar-refractivity contribution in [3.63, 3.8) is 0 Å². The van der Waals surface area contributed by atoms with E-state index in [0.717, 1.165) is 0 Å². The fourth-order valence-electron chi connectivity index (χ4n) is 6.21. The molecule has 0 bridgehead atoms. The molecule has 41 heavy (non-hydrogen) atoms. The van der Waals surface area contributed by atoms with Gasteiger partial charge in [-0.05, 0) is 86.3 Å². The number of allylic oxidation sites excluding steroid dienone is 4. The summed E-state index contributed by atoms with van der Waals surface area (Å²) in [6.07, 6.45) is 30.9. The van der Waals surface area contributed by atoms with Gasteiger partial charge in [0, 0.05) is 0 Å². The first-order valence-electron chi connectivity index (χ1n) is 16.8. The van der Waals surface area contributed by atoms with Gasteiger partial charge >= 0.3 is 0 Å². The molecule has 0 N–H and O–H groups in total. The maximum Gasteiger partial charge on any atom is -0.0134 e. The minimum Gasteiger partial charge on any atom is -0.0811 e. The average molecular weight is 565 g/mol. The highest BCUT2D eigenvalue weighted by atomic mass is 31.1. The van der Waals surface area contributed by atoms with Gasteiger partial charge in [0.05, 0.1) is 0 Å². The van der Waals surface area contributed by atoms with Crippen LogP contribution >= 0.6 is 7.92 Å². The third kappa shape index (κ3) is 11.8. The van der Waals surface area contributed by atoms with Crippen LogP contribution in [0.2, 0.25) is 0 Å². The quantitative estimate of drug-likeness (QED) is 0.276. The zero-order valence-corrected chi connectivity index (χ0v) is 26.4. The Hall–Kier alpha value is -2.43. The molecule has 0 fully saturated rings. The molecule has 3 aromatic carbocycles.